The molecule has 9 heteroatoms. The van der Waals surface area contributed by atoms with Crippen LogP contribution in [0.3, 0.4) is 0 Å². The number of furan rings is 1. The van der Waals surface area contributed by atoms with Crippen LogP contribution in [0.5, 0.6) is 0 Å². The van der Waals surface area contributed by atoms with Crippen molar-refractivity contribution in [1.29, 1.82) is 0 Å². The summed E-state index contributed by atoms with van der Waals surface area (Å²) in [4.78, 5) is 15.9. The molecule has 1 aromatic heterocycles. The topological polar surface area (TPSA) is 92.1 Å². The SMILES string of the molecule is CN(CCCN(C)c1cc(NS(=O)(=O)c2ccccc2)cc2ccoc12)C(=O)OC(C)(C)C. The van der Waals surface area contributed by atoms with Gasteiger partial charge in [-0.15, -0.1) is 0 Å². The van der Waals surface area contributed by atoms with Crippen LogP contribution in [0.1, 0.15) is 27.2 Å². The van der Waals surface area contributed by atoms with Crippen molar-refractivity contribution in [3.05, 3.63) is 54.8 Å². The third kappa shape index (κ3) is 6.41. The largest absolute Gasteiger partial charge is 0.462 e. The van der Waals surface area contributed by atoms with Gasteiger partial charge in [0.25, 0.3) is 10.0 Å². The minimum Gasteiger partial charge on any atom is -0.462 e. The van der Waals surface area contributed by atoms with E-state index in [9.17, 15) is 13.2 Å². The number of anilines is 2. The summed E-state index contributed by atoms with van der Waals surface area (Å²) in [6.45, 7) is 6.64. The highest BCUT2D eigenvalue weighted by Crippen LogP contribution is 2.32. The van der Waals surface area contributed by atoms with Gasteiger partial charge in [-0.25, -0.2) is 13.2 Å². The van der Waals surface area contributed by atoms with Crippen molar-refractivity contribution in [3.8, 4) is 0 Å². The van der Waals surface area contributed by atoms with Crippen molar-refractivity contribution >= 4 is 38.5 Å². The Kier molecular flexibility index (Phi) is 7.22. The number of benzene rings is 2. The standard InChI is InChI=1S/C24H31N3O5S/c1-24(2,3)32-23(28)27(5)14-9-13-26(4)21-17-19(16-18-12-15-31-22(18)21)25-33(29,30)20-10-7-6-8-11-20/h6-8,10-12,15-17,25H,9,13-14H2,1-5H3. The maximum atomic E-state index is 12.8. The first-order valence-electron chi connectivity index (χ1n) is 10.7. The van der Waals surface area contributed by atoms with Gasteiger partial charge < -0.3 is 19.0 Å². The number of fused-ring (bicyclic) bond motifs is 1. The van der Waals surface area contributed by atoms with E-state index in [1.54, 1.807) is 66.7 Å². The summed E-state index contributed by atoms with van der Waals surface area (Å²) >= 11 is 0. The van der Waals surface area contributed by atoms with Gasteiger partial charge in [-0.1, -0.05) is 18.2 Å². The second-order valence-corrected chi connectivity index (χ2v) is 10.6. The predicted octanol–water partition coefficient (Wildman–Crippen LogP) is 4.93. The zero-order valence-electron chi connectivity index (χ0n) is 19.7. The van der Waals surface area contributed by atoms with E-state index >= 15 is 0 Å². The number of sulfonamides is 1. The summed E-state index contributed by atoms with van der Waals surface area (Å²) < 4.78 is 39.2. The first kappa shape index (κ1) is 24.4. The van der Waals surface area contributed by atoms with Gasteiger partial charge in [0, 0.05) is 32.6 Å². The van der Waals surface area contributed by atoms with Crippen molar-refractivity contribution in [2.45, 2.75) is 37.7 Å². The molecule has 0 saturated carbocycles. The number of nitrogens with zero attached hydrogens (tertiary/aromatic N) is 2. The molecule has 33 heavy (non-hydrogen) atoms. The lowest BCUT2D eigenvalue weighted by Gasteiger charge is -2.26. The zero-order valence-corrected chi connectivity index (χ0v) is 20.5. The van der Waals surface area contributed by atoms with Crippen LogP contribution in [0.25, 0.3) is 11.0 Å². The van der Waals surface area contributed by atoms with Crippen LogP contribution in [-0.4, -0.2) is 52.2 Å². The van der Waals surface area contributed by atoms with Gasteiger partial charge in [0.15, 0.2) is 5.58 Å². The van der Waals surface area contributed by atoms with Crippen LogP contribution >= 0.6 is 0 Å². The maximum absolute atomic E-state index is 12.8. The normalized spacial score (nSPS) is 11.9. The Morgan fingerprint density at radius 3 is 2.42 bits per heavy atom. The van der Waals surface area contributed by atoms with E-state index < -0.39 is 15.6 Å². The Bertz CT molecular complexity index is 1200. The lowest BCUT2D eigenvalue weighted by Crippen LogP contribution is -2.35. The van der Waals surface area contributed by atoms with E-state index in [-0.39, 0.29) is 11.0 Å². The molecule has 0 fully saturated rings. The Morgan fingerprint density at radius 2 is 1.76 bits per heavy atom. The average molecular weight is 474 g/mol. The molecule has 1 heterocycles. The smallest absolute Gasteiger partial charge is 0.410 e. The number of nitrogens with one attached hydrogen (secondary N) is 1. The van der Waals surface area contributed by atoms with Crippen LogP contribution in [0.2, 0.25) is 0 Å². The molecule has 178 valence electrons. The minimum absolute atomic E-state index is 0.192. The fraction of sp³-hybridized carbons (Fsp3) is 0.375. The number of amides is 1. The number of ether oxygens (including phenoxy) is 1. The summed E-state index contributed by atoms with van der Waals surface area (Å²) in [5.74, 6) is 0. The van der Waals surface area contributed by atoms with Gasteiger partial charge in [-0.05, 0) is 57.5 Å². The third-order valence-electron chi connectivity index (χ3n) is 4.94. The van der Waals surface area contributed by atoms with E-state index in [4.69, 9.17) is 9.15 Å². The first-order chi connectivity index (χ1) is 15.5. The number of carbonyl (C=O) groups is 1. The van der Waals surface area contributed by atoms with Gasteiger partial charge in [0.1, 0.15) is 5.60 Å². The molecule has 0 aliphatic rings. The Hall–Kier alpha value is -3.20. The molecule has 0 aliphatic carbocycles. The fourth-order valence-electron chi connectivity index (χ4n) is 3.32. The lowest BCUT2D eigenvalue weighted by atomic mass is 10.2. The van der Waals surface area contributed by atoms with Gasteiger partial charge in [-0.2, -0.15) is 0 Å². The summed E-state index contributed by atoms with van der Waals surface area (Å²) in [7, 11) is -0.108. The summed E-state index contributed by atoms with van der Waals surface area (Å²) in [6, 6.07) is 13.5. The molecule has 0 unspecified atom stereocenters. The maximum Gasteiger partial charge on any atom is 0.410 e. The Balaban J connectivity index is 1.72. The molecule has 2 aromatic carbocycles. The average Bonchev–Trinajstić information content (AvgIpc) is 3.20. The molecular weight excluding hydrogens is 442 g/mol. The number of hydrogen-bond acceptors (Lipinski definition) is 6. The lowest BCUT2D eigenvalue weighted by molar-refractivity contribution is 0.0298. The van der Waals surface area contributed by atoms with Crippen LogP contribution in [0.4, 0.5) is 16.2 Å². The second-order valence-electron chi connectivity index (χ2n) is 8.93. The van der Waals surface area contributed by atoms with E-state index in [0.717, 1.165) is 11.1 Å². The van der Waals surface area contributed by atoms with Crippen LogP contribution in [0, 0.1) is 0 Å². The highest BCUT2D eigenvalue weighted by molar-refractivity contribution is 7.92. The molecule has 0 atom stereocenters. The number of carbonyl (C=O) groups excluding carboxylic acids is 1. The van der Waals surface area contributed by atoms with E-state index in [1.807, 2.05) is 32.7 Å². The molecule has 1 N–H and O–H groups in total. The molecule has 1 amide bonds. The molecule has 3 rings (SSSR count). The van der Waals surface area contributed by atoms with Crippen molar-refractivity contribution in [1.82, 2.24) is 4.90 Å². The molecule has 3 aromatic rings. The number of rotatable bonds is 8. The van der Waals surface area contributed by atoms with Gasteiger partial charge >= 0.3 is 6.09 Å². The minimum atomic E-state index is -3.72. The highest BCUT2D eigenvalue weighted by Gasteiger charge is 2.20. The van der Waals surface area contributed by atoms with Crippen molar-refractivity contribution in [2.24, 2.45) is 0 Å². The summed E-state index contributed by atoms with van der Waals surface area (Å²) in [5, 5.41) is 0.788. The molecular formula is C24H31N3O5S. The van der Waals surface area contributed by atoms with Crippen molar-refractivity contribution < 1.29 is 22.4 Å². The predicted molar refractivity (Wildman–Crippen MR) is 130 cm³/mol. The van der Waals surface area contributed by atoms with Crippen LogP contribution in [-0.2, 0) is 14.8 Å². The third-order valence-corrected chi connectivity index (χ3v) is 6.34. The molecule has 0 saturated heterocycles. The Morgan fingerprint density at radius 1 is 1.06 bits per heavy atom. The van der Waals surface area contributed by atoms with Crippen LogP contribution < -0.4 is 9.62 Å². The molecule has 0 radical (unpaired) electrons. The number of hydrogen-bond donors (Lipinski definition) is 1. The van der Waals surface area contributed by atoms with Gasteiger partial charge in [-0.3, -0.25) is 4.72 Å². The second kappa shape index (κ2) is 9.74. The quantitative estimate of drug-likeness (QED) is 0.499. The molecule has 0 aliphatic heterocycles. The van der Waals surface area contributed by atoms with E-state index in [2.05, 4.69) is 4.72 Å². The van der Waals surface area contributed by atoms with Gasteiger partial charge in [0.05, 0.1) is 22.5 Å². The van der Waals surface area contributed by atoms with E-state index in [0.29, 0.717) is 30.8 Å². The Labute approximate surface area is 195 Å². The van der Waals surface area contributed by atoms with Gasteiger partial charge in [0.2, 0.25) is 0 Å². The summed E-state index contributed by atoms with van der Waals surface area (Å²) in [6.07, 6.45) is 1.90. The summed E-state index contributed by atoms with van der Waals surface area (Å²) in [5.41, 5.74) is 1.32. The fourth-order valence-corrected chi connectivity index (χ4v) is 4.38. The van der Waals surface area contributed by atoms with Crippen molar-refractivity contribution in [3.63, 3.8) is 0 Å². The van der Waals surface area contributed by atoms with Crippen molar-refractivity contribution in [2.75, 3.05) is 36.8 Å². The first-order valence-corrected chi connectivity index (χ1v) is 12.2. The monoisotopic (exact) mass is 473 g/mol. The molecule has 0 bridgehead atoms. The highest BCUT2D eigenvalue weighted by atomic mass is 32.2. The van der Waals surface area contributed by atoms with E-state index in [1.165, 1.54) is 0 Å². The molecule has 0 spiro atoms. The zero-order chi connectivity index (χ0) is 24.2. The molecule has 8 nitrogen and oxygen atoms in total. The van der Waals surface area contributed by atoms with Crippen LogP contribution in [0.15, 0.2) is 64.1 Å².